The summed E-state index contributed by atoms with van der Waals surface area (Å²) in [5.41, 5.74) is 1.67. The molecule has 0 amide bonds. The number of benzene rings is 1. The maximum absolute atomic E-state index is 12.4. The molecule has 0 radical (unpaired) electrons. The molecule has 4 nitrogen and oxygen atoms in total. The maximum atomic E-state index is 12.4. The molecule has 0 aliphatic heterocycles. The van der Waals surface area contributed by atoms with Gasteiger partial charge in [-0.2, -0.15) is 0 Å². The van der Waals surface area contributed by atoms with E-state index in [4.69, 9.17) is 4.74 Å². The smallest absolute Gasteiger partial charge is 0.176 e. The largest absolute Gasteiger partial charge is 0.496 e. The molecule has 1 heterocycles. The quantitative estimate of drug-likeness (QED) is 0.362. The number of carbonyl (C=O) groups excluding carboxylic acids is 1. The molecule has 0 bridgehead atoms. The summed E-state index contributed by atoms with van der Waals surface area (Å²) in [4.78, 5) is 12.4. The molecule has 7 heteroatoms. The Hall–Kier alpha value is -1.05. The first-order valence-corrected chi connectivity index (χ1v) is 10.2. The molecule has 0 spiro atoms. The van der Waals surface area contributed by atoms with Crippen molar-refractivity contribution in [2.45, 2.75) is 35.4 Å². The summed E-state index contributed by atoms with van der Waals surface area (Å²) >= 11 is 4.72. The van der Waals surface area contributed by atoms with E-state index >= 15 is 0 Å². The van der Waals surface area contributed by atoms with E-state index < -0.39 is 0 Å². The zero-order chi connectivity index (χ0) is 16.7. The molecule has 0 atom stereocenters. The van der Waals surface area contributed by atoms with Gasteiger partial charge in [-0.1, -0.05) is 59.8 Å². The lowest BCUT2D eigenvalue weighted by molar-refractivity contribution is 0.101. The van der Waals surface area contributed by atoms with Gasteiger partial charge in [0.25, 0.3) is 0 Å². The topological polar surface area (TPSA) is 52.1 Å². The van der Waals surface area contributed by atoms with Crippen molar-refractivity contribution in [2.75, 3.05) is 18.6 Å². The number of unbranched alkanes of at least 4 members (excludes halogenated alkanes) is 1. The summed E-state index contributed by atoms with van der Waals surface area (Å²) in [7, 11) is 1.58. The van der Waals surface area contributed by atoms with Gasteiger partial charge >= 0.3 is 0 Å². The van der Waals surface area contributed by atoms with Crippen LogP contribution < -0.4 is 4.74 Å². The van der Waals surface area contributed by atoms with Gasteiger partial charge < -0.3 is 4.74 Å². The fraction of sp³-hybridized carbons (Fsp3) is 0.438. The first kappa shape index (κ1) is 18.3. The van der Waals surface area contributed by atoms with Gasteiger partial charge in [0, 0.05) is 5.75 Å². The highest BCUT2D eigenvalue weighted by molar-refractivity contribution is 8.03. The summed E-state index contributed by atoms with van der Waals surface area (Å²) < 4.78 is 7.08. The van der Waals surface area contributed by atoms with Crippen LogP contribution in [0.2, 0.25) is 0 Å². The lowest BCUT2D eigenvalue weighted by atomic mass is 10.1. The van der Waals surface area contributed by atoms with Crippen molar-refractivity contribution in [3.63, 3.8) is 0 Å². The van der Waals surface area contributed by atoms with Crippen LogP contribution in [0, 0.1) is 6.92 Å². The maximum Gasteiger partial charge on any atom is 0.176 e. The monoisotopic (exact) mass is 368 g/mol. The van der Waals surface area contributed by atoms with Crippen molar-refractivity contribution in [1.29, 1.82) is 0 Å². The number of hydrogen-bond acceptors (Lipinski definition) is 7. The standard InChI is InChI=1S/C16H20N2O2S3/c1-4-5-8-21-15-17-18-16(23-15)22-10-13(19)12-9-11(2)6-7-14(12)20-3/h6-7,9H,4-5,8,10H2,1-3H3. The summed E-state index contributed by atoms with van der Waals surface area (Å²) in [6.07, 6.45) is 2.36. The predicted octanol–water partition coefficient (Wildman–Crippen LogP) is 4.72. The molecule has 0 aliphatic carbocycles. The van der Waals surface area contributed by atoms with Crippen molar-refractivity contribution in [3.8, 4) is 5.75 Å². The molecule has 1 aromatic heterocycles. The zero-order valence-corrected chi connectivity index (χ0v) is 15.9. The van der Waals surface area contributed by atoms with Crippen molar-refractivity contribution in [1.82, 2.24) is 10.2 Å². The van der Waals surface area contributed by atoms with E-state index in [0.717, 1.165) is 20.0 Å². The third kappa shape index (κ3) is 5.51. The second kappa shape index (κ2) is 9.30. The van der Waals surface area contributed by atoms with Gasteiger partial charge in [-0.05, 0) is 25.5 Å². The van der Waals surface area contributed by atoms with Crippen LogP contribution in [0.15, 0.2) is 26.9 Å². The average Bonchev–Trinajstić information content (AvgIpc) is 3.00. The Labute approximate surface area is 149 Å². The number of nitrogens with zero attached hydrogens (tertiary/aromatic N) is 2. The summed E-state index contributed by atoms with van der Waals surface area (Å²) in [6.45, 7) is 4.14. The number of methoxy groups -OCH3 is 1. The Morgan fingerprint density at radius 2 is 2.00 bits per heavy atom. The normalized spacial score (nSPS) is 10.7. The van der Waals surface area contributed by atoms with Crippen LogP contribution in [0.4, 0.5) is 0 Å². The van der Waals surface area contributed by atoms with E-state index in [1.165, 1.54) is 24.6 Å². The molecule has 124 valence electrons. The molecular weight excluding hydrogens is 348 g/mol. The molecule has 2 rings (SSSR count). The molecule has 23 heavy (non-hydrogen) atoms. The Balaban J connectivity index is 1.93. The molecule has 0 unspecified atom stereocenters. The van der Waals surface area contributed by atoms with Gasteiger partial charge in [-0.15, -0.1) is 10.2 Å². The summed E-state index contributed by atoms with van der Waals surface area (Å²) in [5, 5.41) is 8.31. The van der Waals surface area contributed by atoms with E-state index in [9.17, 15) is 4.79 Å². The van der Waals surface area contributed by atoms with Gasteiger partial charge in [-0.25, -0.2) is 0 Å². The van der Waals surface area contributed by atoms with Gasteiger partial charge in [0.1, 0.15) is 5.75 Å². The minimum absolute atomic E-state index is 0.0472. The number of aromatic nitrogens is 2. The van der Waals surface area contributed by atoms with E-state index in [1.807, 2.05) is 25.1 Å². The summed E-state index contributed by atoms with van der Waals surface area (Å²) in [5.74, 6) is 2.07. The number of ketones is 1. The van der Waals surface area contributed by atoms with Crippen molar-refractivity contribution in [3.05, 3.63) is 29.3 Å². The van der Waals surface area contributed by atoms with Crippen molar-refractivity contribution in [2.24, 2.45) is 0 Å². The lowest BCUT2D eigenvalue weighted by Gasteiger charge is -2.07. The molecule has 0 saturated carbocycles. The van der Waals surface area contributed by atoms with E-state index in [1.54, 1.807) is 30.2 Å². The van der Waals surface area contributed by atoms with Crippen LogP contribution in [0.25, 0.3) is 0 Å². The van der Waals surface area contributed by atoms with Gasteiger partial charge in [0.05, 0.1) is 18.4 Å². The Morgan fingerprint density at radius 1 is 1.26 bits per heavy atom. The van der Waals surface area contributed by atoms with E-state index in [2.05, 4.69) is 17.1 Å². The lowest BCUT2D eigenvalue weighted by Crippen LogP contribution is -2.05. The number of hydrogen-bond donors (Lipinski definition) is 0. The second-order valence-electron chi connectivity index (χ2n) is 4.95. The molecule has 0 fully saturated rings. The molecule has 0 saturated heterocycles. The fourth-order valence-corrected chi connectivity index (χ4v) is 4.92. The number of Topliss-reactive ketones (excluding diaryl/α,β-unsaturated/α-hetero) is 1. The zero-order valence-electron chi connectivity index (χ0n) is 13.5. The first-order chi connectivity index (χ1) is 11.1. The van der Waals surface area contributed by atoms with Crippen LogP contribution in [0.3, 0.4) is 0 Å². The Kier molecular flexibility index (Phi) is 7.39. The molecule has 0 aliphatic rings. The molecule has 0 N–H and O–H groups in total. The first-order valence-electron chi connectivity index (χ1n) is 7.41. The average molecular weight is 369 g/mol. The third-order valence-electron chi connectivity index (χ3n) is 3.09. The number of rotatable bonds is 9. The van der Waals surface area contributed by atoms with Gasteiger partial charge in [0.15, 0.2) is 14.5 Å². The van der Waals surface area contributed by atoms with Gasteiger partial charge in [-0.3, -0.25) is 4.79 Å². The SMILES string of the molecule is CCCCSc1nnc(SCC(=O)c2cc(C)ccc2OC)s1. The number of aryl methyl sites for hydroxylation is 1. The Morgan fingerprint density at radius 3 is 2.70 bits per heavy atom. The molecule has 2 aromatic rings. The highest BCUT2D eigenvalue weighted by atomic mass is 32.2. The minimum atomic E-state index is 0.0472. The highest BCUT2D eigenvalue weighted by Crippen LogP contribution is 2.30. The number of thioether (sulfide) groups is 2. The van der Waals surface area contributed by atoms with E-state index in [0.29, 0.717) is 17.1 Å². The number of ether oxygens (including phenoxy) is 1. The third-order valence-corrected chi connectivity index (χ3v) is 6.37. The van der Waals surface area contributed by atoms with Crippen molar-refractivity contribution >= 4 is 40.6 Å². The van der Waals surface area contributed by atoms with Crippen LogP contribution in [0.1, 0.15) is 35.7 Å². The predicted molar refractivity (Wildman–Crippen MR) is 98.3 cm³/mol. The Bertz CT molecular complexity index is 659. The minimum Gasteiger partial charge on any atom is -0.496 e. The van der Waals surface area contributed by atoms with Crippen LogP contribution in [0.5, 0.6) is 5.75 Å². The second-order valence-corrected chi connectivity index (χ2v) is 8.49. The molecular formula is C16H20N2O2S3. The van der Waals surface area contributed by atoms with Crippen molar-refractivity contribution < 1.29 is 9.53 Å². The van der Waals surface area contributed by atoms with E-state index in [-0.39, 0.29) is 5.78 Å². The van der Waals surface area contributed by atoms with Gasteiger partial charge in [0.2, 0.25) is 0 Å². The summed E-state index contributed by atoms with van der Waals surface area (Å²) in [6, 6.07) is 5.64. The van der Waals surface area contributed by atoms with Crippen LogP contribution in [-0.4, -0.2) is 34.6 Å². The highest BCUT2D eigenvalue weighted by Gasteiger charge is 2.14. The number of carbonyl (C=O) groups is 1. The fourth-order valence-electron chi connectivity index (χ4n) is 1.86. The van der Waals surface area contributed by atoms with Crippen LogP contribution >= 0.6 is 34.9 Å². The van der Waals surface area contributed by atoms with Crippen LogP contribution in [-0.2, 0) is 0 Å². The molecule has 1 aromatic carbocycles.